The summed E-state index contributed by atoms with van der Waals surface area (Å²) in [5.74, 6) is -0.391. The second-order valence-electron chi connectivity index (χ2n) is 4.35. The third-order valence-corrected chi connectivity index (χ3v) is 3.96. The van der Waals surface area contributed by atoms with Gasteiger partial charge in [0.15, 0.2) is 5.13 Å². The van der Waals surface area contributed by atoms with E-state index in [1.807, 2.05) is 0 Å². The van der Waals surface area contributed by atoms with Gasteiger partial charge in [0.2, 0.25) is 0 Å². The molecule has 0 saturated carbocycles. The fraction of sp³-hybridized carbons (Fsp3) is 0. The summed E-state index contributed by atoms with van der Waals surface area (Å²) >= 11 is 7.16. The minimum absolute atomic E-state index is 0.0455. The number of hydrogen-bond donors (Lipinski definition) is 3. The van der Waals surface area contributed by atoms with E-state index < -0.39 is 0 Å². The largest absolute Gasteiger partial charge is 0.506 e. The van der Waals surface area contributed by atoms with Crippen LogP contribution in [0.5, 0.6) is 5.75 Å². The quantitative estimate of drug-likeness (QED) is 0.631. The molecular formula is C14H10ClN3O2S. The Labute approximate surface area is 129 Å². The molecule has 0 spiro atoms. The van der Waals surface area contributed by atoms with Crippen molar-refractivity contribution in [2.45, 2.75) is 0 Å². The van der Waals surface area contributed by atoms with E-state index in [1.54, 1.807) is 24.3 Å². The maximum absolute atomic E-state index is 12.2. The second-order valence-corrected chi connectivity index (χ2v) is 5.85. The van der Waals surface area contributed by atoms with Crippen LogP contribution in [0.15, 0.2) is 36.4 Å². The van der Waals surface area contributed by atoms with Crippen molar-refractivity contribution in [3.8, 4) is 5.75 Å². The van der Waals surface area contributed by atoms with Gasteiger partial charge in [-0.15, -0.1) is 0 Å². The van der Waals surface area contributed by atoms with Gasteiger partial charge in [0, 0.05) is 10.6 Å². The lowest BCUT2D eigenvalue weighted by Crippen LogP contribution is -2.11. The molecule has 0 unspecified atom stereocenters. The van der Waals surface area contributed by atoms with Crippen LogP contribution in [0.4, 0.5) is 10.8 Å². The Balaban J connectivity index is 1.91. The maximum atomic E-state index is 12.2. The lowest BCUT2D eigenvalue weighted by Gasteiger charge is -2.07. The highest BCUT2D eigenvalue weighted by Crippen LogP contribution is 2.28. The minimum atomic E-state index is -0.346. The van der Waals surface area contributed by atoms with E-state index in [4.69, 9.17) is 17.3 Å². The van der Waals surface area contributed by atoms with Gasteiger partial charge in [0.1, 0.15) is 5.75 Å². The molecule has 2 aromatic carbocycles. The number of nitrogens with two attached hydrogens (primary N) is 1. The molecule has 7 heteroatoms. The number of halogens is 1. The molecule has 0 saturated heterocycles. The summed E-state index contributed by atoms with van der Waals surface area (Å²) in [4.78, 5) is 16.3. The van der Waals surface area contributed by atoms with Crippen LogP contribution in [0.25, 0.3) is 10.2 Å². The highest BCUT2D eigenvalue weighted by Gasteiger charge is 2.11. The number of benzene rings is 2. The summed E-state index contributed by atoms with van der Waals surface area (Å²) < 4.78 is 0.829. The van der Waals surface area contributed by atoms with Gasteiger partial charge in [-0.1, -0.05) is 22.9 Å². The van der Waals surface area contributed by atoms with Crippen LogP contribution in [-0.4, -0.2) is 16.0 Å². The molecule has 5 nitrogen and oxygen atoms in total. The molecule has 21 heavy (non-hydrogen) atoms. The summed E-state index contributed by atoms with van der Waals surface area (Å²) in [6, 6.07) is 9.54. The SMILES string of the molecule is Nc1nc2ccc(C(=O)Nc3cc(Cl)ccc3O)cc2s1. The normalized spacial score (nSPS) is 10.7. The number of nitrogens with one attached hydrogen (secondary N) is 1. The van der Waals surface area contributed by atoms with Crippen LogP contribution in [0.2, 0.25) is 5.02 Å². The lowest BCUT2D eigenvalue weighted by molar-refractivity contribution is 0.102. The smallest absolute Gasteiger partial charge is 0.255 e. The molecule has 106 valence electrons. The molecule has 0 radical (unpaired) electrons. The predicted molar refractivity (Wildman–Crippen MR) is 85.1 cm³/mol. The fourth-order valence-corrected chi connectivity index (χ4v) is 2.83. The van der Waals surface area contributed by atoms with Gasteiger partial charge in [0.05, 0.1) is 15.9 Å². The monoisotopic (exact) mass is 319 g/mol. The van der Waals surface area contributed by atoms with Crippen LogP contribution in [-0.2, 0) is 0 Å². The molecule has 4 N–H and O–H groups in total. The van der Waals surface area contributed by atoms with Crippen molar-refractivity contribution in [1.29, 1.82) is 0 Å². The van der Waals surface area contributed by atoms with Crippen LogP contribution in [0.1, 0.15) is 10.4 Å². The number of carbonyl (C=O) groups excluding carboxylic acids is 1. The van der Waals surface area contributed by atoms with Gasteiger partial charge in [-0.25, -0.2) is 4.98 Å². The number of nitrogen functional groups attached to an aromatic ring is 1. The zero-order valence-corrected chi connectivity index (χ0v) is 12.2. The van der Waals surface area contributed by atoms with Crippen LogP contribution >= 0.6 is 22.9 Å². The van der Waals surface area contributed by atoms with E-state index in [0.29, 0.717) is 15.7 Å². The summed E-state index contributed by atoms with van der Waals surface area (Å²) in [5.41, 5.74) is 7.10. The van der Waals surface area contributed by atoms with Crippen molar-refractivity contribution in [2.24, 2.45) is 0 Å². The number of fused-ring (bicyclic) bond motifs is 1. The number of amides is 1. The van der Waals surface area contributed by atoms with Crippen molar-refractivity contribution in [2.75, 3.05) is 11.1 Å². The van der Waals surface area contributed by atoms with Gasteiger partial charge >= 0.3 is 0 Å². The van der Waals surface area contributed by atoms with Crippen molar-refractivity contribution in [1.82, 2.24) is 4.98 Å². The Morgan fingerprint density at radius 3 is 2.90 bits per heavy atom. The number of anilines is 2. The number of hydrogen-bond acceptors (Lipinski definition) is 5. The molecule has 1 amide bonds. The molecular weight excluding hydrogens is 310 g/mol. The zero-order valence-electron chi connectivity index (χ0n) is 10.6. The standard InChI is InChI=1S/C14H10ClN3O2S/c15-8-2-4-11(19)10(6-8)17-13(20)7-1-3-9-12(5-7)21-14(16)18-9/h1-6,19H,(H2,16,18)(H,17,20). The summed E-state index contributed by atoms with van der Waals surface area (Å²) in [6.45, 7) is 0. The first kappa shape index (κ1) is 13.7. The van der Waals surface area contributed by atoms with Gasteiger partial charge in [-0.05, 0) is 36.4 Å². The molecule has 0 atom stereocenters. The number of carbonyl (C=O) groups is 1. The Bertz CT molecular complexity index is 847. The summed E-state index contributed by atoms with van der Waals surface area (Å²) in [7, 11) is 0. The molecule has 3 aromatic rings. The molecule has 0 fully saturated rings. The summed E-state index contributed by atoms with van der Waals surface area (Å²) in [6.07, 6.45) is 0. The first-order valence-electron chi connectivity index (χ1n) is 5.99. The van der Waals surface area contributed by atoms with E-state index in [2.05, 4.69) is 10.3 Å². The van der Waals surface area contributed by atoms with Crippen molar-refractivity contribution < 1.29 is 9.90 Å². The number of phenols is 1. The first-order valence-corrected chi connectivity index (χ1v) is 7.18. The molecule has 0 aliphatic carbocycles. The number of aromatic hydroxyl groups is 1. The molecule has 1 aromatic heterocycles. The van der Waals surface area contributed by atoms with Crippen LogP contribution < -0.4 is 11.1 Å². The topological polar surface area (TPSA) is 88.2 Å². The van der Waals surface area contributed by atoms with E-state index in [0.717, 1.165) is 10.2 Å². The average Bonchev–Trinajstić information content (AvgIpc) is 2.81. The highest BCUT2D eigenvalue weighted by atomic mass is 35.5. The summed E-state index contributed by atoms with van der Waals surface area (Å²) in [5, 5.41) is 13.2. The number of aromatic nitrogens is 1. The molecule has 0 aliphatic heterocycles. The Kier molecular flexibility index (Phi) is 3.40. The highest BCUT2D eigenvalue weighted by molar-refractivity contribution is 7.22. The van der Waals surface area contributed by atoms with Gasteiger partial charge in [-0.3, -0.25) is 4.79 Å². The van der Waals surface area contributed by atoms with Crippen LogP contribution in [0.3, 0.4) is 0 Å². The third kappa shape index (κ3) is 2.76. The lowest BCUT2D eigenvalue weighted by atomic mass is 10.2. The molecule has 1 heterocycles. The minimum Gasteiger partial charge on any atom is -0.506 e. The van der Waals surface area contributed by atoms with Crippen molar-refractivity contribution >= 4 is 49.9 Å². The van der Waals surface area contributed by atoms with E-state index >= 15 is 0 Å². The van der Waals surface area contributed by atoms with Crippen molar-refractivity contribution in [3.05, 3.63) is 47.0 Å². The number of thiazole rings is 1. The maximum Gasteiger partial charge on any atom is 0.255 e. The molecule has 3 rings (SSSR count). The molecule has 0 bridgehead atoms. The number of phenolic OH excluding ortho intramolecular Hbond substituents is 1. The molecule has 0 aliphatic rings. The second kappa shape index (κ2) is 5.23. The third-order valence-electron chi connectivity index (χ3n) is 2.87. The van der Waals surface area contributed by atoms with E-state index in [1.165, 1.54) is 23.5 Å². The Hall–Kier alpha value is -2.31. The van der Waals surface area contributed by atoms with Gasteiger partial charge in [-0.2, -0.15) is 0 Å². The average molecular weight is 320 g/mol. The fourth-order valence-electron chi connectivity index (χ4n) is 1.89. The Morgan fingerprint density at radius 1 is 1.29 bits per heavy atom. The zero-order chi connectivity index (χ0) is 15.0. The number of rotatable bonds is 2. The van der Waals surface area contributed by atoms with Crippen molar-refractivity contribution in [3.63, 3.8) is 0 Å². The Morgan fingerprint density at radius 2 is 2.10 bits per heavy atom. The van der Waals surface area contributed by atoms with E-state index in [-0.39, 0.29) is 17.3 Å². The first-order chi connectivity index (χ1) is 10.0. The van der Waals surface area contributed by atoms with E-state index in [9.17, 15) is 9.90 Å². The van der Waals surface area contributed by atoms with Crippen LogP contribution in [0, 0.1) is 0 Å². The number of nitrogens with zero attached hydrogens (tertiary/aromatic N) is 1. The van der Waals surface area contributed by atoms with Gasteiger partial charge in [0.25, 0.3) is 5.91 Å². The predicted octanol–water partition coefficient (Wildman–Crippen LogP) is 3.49. The van der Waals surface area contributed by atoms with Gasteiger partial charge < -0.3 is 16.2 Å².